The van der Waals surface area contributed by atoms with Crippen molar-refractivity contribution in [3.63, 3.8) is 0 Å². The van der Waals surface area contributed by atoms with Gasteiger partial charge in [-0.3, -0.25) is 0 Å². The second-order valence-corrected chi connectivity index (χ2v) is 5.66. The van der Waals surface area contributed by atoms with Crippen LogP contribution in [-0.2, 0) is 11.3 Å². The average molecular weight is 268 g/mol. The van der Waals surface area contributed by atoms with Gasteiger partial charge in [-0.05, 0) is 51.0 Å². The molecule has 1 aromatic rings. The molecule has 0 aliphatic rings. The van der Waals surface area contributed by atoms with Crippen LogP contribution in [0.3, 0.4) is 0 Å². The van der Waals surface area contributed by atoms with Crippen molar-refractivity contribution in [3.05, 3.63) is 23.3 Å². The van der Waals surface area contributed by atoms with Gasteiger partial charge >= 0.3 is 6.09 Å². The SMILES string of the molecule is Cc1c(S)cc(N)cc1CNC(=O)OC(C)(C)C. The van der Waals surface area contributed by atoms with E-state index >= 15 is 0 Å². The molecule has 0 saturated heterocycles. The highest BCUT2D eigenvalue weighted by atomic mass is 32.1. The summed E-state index contributed by atoms with van der Waals surface area (Å²) in [6.45, 7) is 7.78. The molecule has 1 aromatic carbocycles. The third-order valence-corrected chi connectivity index (χ3v) is 2.80. The number of nitrogens with one attached hydrogen (secondary N) is 1. The maximum absolute atomic E-state index is 11.5. The quantitative estimate of drug-likeness (QED) is 0.571. The number of hydrogen-bond acceptors (Lipinski definition) is 4. The summed E-state index contributed by atoms with van der Waals surface area (Å²) >= 11 is 4.33. The minimum Gasteiger partial charge on any atom is -0.444 e. The Morgan fingerprint density at radius 3 is 2.61 bits per heavy atom. The molecule has 18 heavy (non-hydrogen) atoms. The van der Waals surface area contributed by atoms with Crippen molar-refractivity contribution in [1.29, 1.82) is 0 Å². The van der Waals surface area contributed by atoms with Gasteiger partial charge in [-0.1, -0.05) is 0 Å². The minimum absolute atomic E-state index is 0.374. The molecule has 0 aliphatic heterocycles. The molecular weight excluding hydrogens is 248 g/mol. The second kappa shape index (κ2) is 5.52. The van der Waals surface area contributed by atoms with E-state index in [9.17, 15) is 4.79 Å². The Morgan fingerprint density at radius 2 is 2.06 bits per heavy atom. The van der Waals surface area contributed by atoms with Crippen LogP contribution in [0.1, 0.15) is 31.9 Å². The Kier molecular flexibility index (Phi) is 4.51. The highest BCUT2D eigenvalue weighted by molar-refractivity contribution is 7.80. The van der Waals surface area contributed by atoms with Crippen LogP contribution in [0.5, 0.6) is 0 Å². The van der Waals surface area contributed by atoms with Crippen LogP contribution in [0.4, 0.5) is 10.5 Å². The smallest absolute Gasteiger partial charge is 0.407 e. The minimum atomic E-state index is -0.496. The lowest BCUT2D eigenvalue weighted by Gasteiger charge is -2.20. The molecular formula is C13H20N2O2S. The molecule has 1 rings (SSSR count). The highest BCUT2D eigenvalue weighted by Crippen LogP contribution is 2.21. The largest absolute Gasteiger partial charge is 0.444 e. The van der Waals surface area contributed by atoms with Crippen LogP contribution in [0, 0.1) is 6.92 Å². The number of ether oxygens (including phenoxy) is 1. The van der Waals surface area contributed by atoms with Gasteiger partial charge in [-0.25, -0.2) is 4.79 Å². The molecule has 0 unspecified atom stereocenters. The average Bonchev–Trinajstić information content (AvgIpc) is 2.18. The predicted molar refractivity (Wildman–Crippen MR) is 75.9 cm³/mol. The highest BCUT2D eigenvalue weighted by Gasteiger charge is 2.16. The topological polar surface area (TPSA) is 64.3 Å². The van der Waals surface area contributed by atoms with Crippen molar-refractivity contribution in [2.75, 3.05) is 5.73 Å². The molecule has 0 atom stereocenters. The van der Waals surface area contributed by atoms with E-state index in [0.717, 1.165) is 16.0 Å². The summed E-state index contributed by atoms with van der Waals surface area (Å²) in [6, 6.07) is 3.61. The third-order valence-electron chi connectivity index (χ3n) is 2.33. The van der Waals surface area contributed by atoms with Gasteiger partial charge in [0.25, 0.3) is 0 Å². The van der Waals surface area contributed by atoms with Gasteiger partial charge < -0.3 is 15.8 Å². The first-order chi connectivity index (χ1) is 8.19. The lowest BCUT2D eigenvalue weighted by atomic mass is 10.1. The molecule has 4 nitrogen and oxygen atoms in total. The molecule has 0 saturated carbocycles. The fraction of sp³-hybridized carbons (Fsp3) is 0.462. The second-order valence-electron chi connectivity index (χ2n) is 5.18. The van der Waals surface area contributed by atoms with Gasteiger partial charge in [0.15, 0.2) is 0 Å². The predicted octanol–water partition coefficient (Wildman–Crippen LogP) is 2.89. The van der Waals surface area contributed by atoms with Crippen LogP contribution in [0.2, 0.25) is 0 Å². The van der Waals surface area contributed by atoms with Gasteiger partial charge in [0.05, 0.1) is 0 Å². The molecule has 0 aliphatic carbocycles. The number of rotatable bonds is 2. The standard InChI is InChI=1S/C13H20N2O2S/c1-8-9(5-10(14)6-11(8)18)7-15-12(16)17-13(2,3)4/h5-6,18H,7,14H2,1-4H3,(H,15,16). The van der Waals surface area contributed by atoms with Gasteiger partial charge in [-0.2, -0.15) is 0 Å². The Hall–Kier alpha value is -1.36. The fourth-order valence-corrected chi connectivity index (χ4v) is 1.74. The number of carbonyl (C=O) groups is 1. The Morgan fingerprint density at radius 1 is 1.44 bits per heavy atom. The van der Waals surface area contributed by atoms with E-state index in [2.05, 4.69) is 17.9 Å². The molecule has 0 bridgehead atoms. The van der Waals surface area contributed by atoms with Crippen LogP contribution in [0.15, 0.2) is 17.0 Å². The first kappa shape index (κ1) is 14.7. The zero-order valence-electron chi connectivity index (χ0n) is 11.2. The van der Waals surface area contributed by atoms with E-state index in [1.807, 2.05) is 33.8 Å². The van der Waals surface area contributed by atoms with Crippen molar-refractivity contribution in [2.24, 2.45) is 0 Å². The van der Waals surface area contributed by atoms with Crippen LogP contribution in [-0.4, -0.2) is 11.7 Å². The van der Waals surface area contributed by atoms with E-state index in [4.69, 9.17) is 10.5 Å². The van der Waals surface area contributed by atoms with Crippen LogP contribution in [0.25, 0.3) is 0 Å². The van der Waals surface area contributed by atoms with Crippen molar-refractivity contribution in [1.82, 2.24) is 5.32 Å². The molecule has 3 N–H and O–H groups in total. The number of nitrogens with two attached hydrogens (primary N) is 1. The number of benzene rings is 1. The zero-order valence-corrected chi connectivity index (χ0v) is 12.1. The van der Waals surface area contributed by atoms with Crippen LogP contribution >= 0.6 is 12.6 Å². The normalized spacial score (nSPS) is 11.2. The number of thiol groups is 1. The Balaban J connectivity index is 2.67. The first-order valence-electron chi connectivity index (χ1n) is 5.74. The van der Waals surface area contributed by atoms with E-state index in [-0.39, 0.29) is 0 Å². The van der Waals surface area contributed by atoms with Crippen molar-refractivity contribution >= 4 is 24.4 Å². The number of carbonyl (C=O) groups excluding carboxylic acids is 1. The summed E-state index contributed by atoms with van der Waals surface area (Å²) in [4.78, 5) is 12.3. The van der Waals surface area contributed by atoms with E-state index < -0.39 is 11.7 Å². The lowest BCUT2D eigenvalue weighted by Crippen LogP contribution is -2.32. The van der Waals surface area contributed by atoms with Gasteiger partial charge in [0.2, 0.25) is 0 Å². The van der Waals surface area contributed by atoms with E-state index in [0.29, 0.717) is 12.2 Å². The monoisotopic (exact) mass is 268 g/mol. The summed E-state index contributed by atoms with van der Waals surface area (Å²) < 4.78 is 5.16. The summed E-state index contributed by atoms with van der Waals surface area (Å²) in [5.41, 5.74) is 7.82. The third kappa shape index (κ3) is 4.49. The number of hydrogen-bond donors (Lipinski definition) is 3. The number of nitrogen functional groups attached to an aromatic ring is 1. The number of anilines is 1. The summed E-state index contributed by atoms with van der Waals surface area (Å²) in [5.74, 6) is 0. The maximum atomic E-state index is 11.5. The molecule has 1 amide bonds. The fourth-order valence-electron chi connectivity index (χ4n) is 1.45. The molecule has 100 valence electrons. The lowest BCUT2D eigenvalue weighted by molar-refractivity contribution is 0.0523. The van der Waals surface area contributed by atoms with Gasteiger partial charge in [-0.15, -0.1) is 12.6 Å². The molecule has 0 spiro atoms. The zero-order chi connectivity index (χ0) is 13.9. The number of amides is 1. The Labute approximate surface area is 113 Å². The maximum Gasteiger partial charge on any atom is 0.407 e. The van der Waals surface area contributed by atoms with E-state index in [1.165, 1.54) is 0 Å². The molecule has 0 heterocycles. The molecule has 0 aromatic heterocycles. The van der Waals surface area contributed by atoms with Crippen molar-refractivity contribution < 1.29 is 9.53 Å². The van der Waals surface area contributed by atoms with Crippen molar-refractivity contribution in [2.45, 2.75) is 44.7 Å². The van der Waals surface area contributed by atoms with Crippen molar-refractivity contribution in [3.8, 4) is 0 Å². The summed E-state index contributed by atoms with van der Waals surface area (Å²) in [6.07, 6.45) is -0.440. The van der Waals surface area contributed by atoms with Gasteiger partial charge in [0.1, 0.15) is 5.60 Å². The molecule has 5 heteroatoms. The first-order valence-corrected chi connectivity index (χ1v) is 6.18. The van der Waals surface area contributed by atoms with Gasteiger partial charge in [0, 0.05) is 17.1 Å². The van der Waals surface area contributed by atoms with Crippen LogP contribution < -0.4 is 11.1 Å². The molecule has 0 fully saturated rings. The summed E-state index contributed by atoms with van der Waals surface area (Å²) in [5, 5.41) is 2.70. The number of alkyl carbamates (subject to hydrolysis) is 1. The van der Waals surface area contributed by atoms with E-state index in [1.54, 1.807) is 6.07 Å². The summed E-state index contributed by atoms with van der Waals surface area (Å²) in [7, 11) is 0. The molecule has 0 radical (unpaired) electrons. The Bertz CT molecular complexity index is 453.